The number of carbonyl (C=O) groups excluding carboxylic acids is 2. The summed E-state index contributed by atoms with van der Waals surface area (Å²) in [6.07, 6.45) is 9.90. The zero-order valence-corrected chi connectivity index (χ0v) is 21.2. The summed E-state index contributed by atoms with van der Waals surface area (Å²) in [5, 5.41) is 19.5. The monoisotopic (exact) mass is 456 g/mol. The van der Waals surface area contributed by atoms with Crippen molar-refractivity contribution in [3.05, 3.63) is 58.7 Å². The van der Waals surface area contributed by atoms with Gasteiger partial charge in [0, 0.05) is 17.9 Å². The second-order valence-electron chi connectivity index (χ2n) is 9.53. The van der Waals surface area contributed by atoms with Crippen LogP contribution in [-0.2, 0) is 16.0 Å². The SMILES string of the molecule is COc1c(C)cc(O)cc1C/C=C(\C)CC(=O)/C=C(/C)CCCC(C)C(=O)/C=C/C(C)(C)O. The number of allylic oxidation sites excluding steroid dienone is 5. The molecule has 2 N–H and O–H groups in total. The average molecular weight is 457 g/mol. The van der Waals surface area contributed by atoms with Gasteiger partial charge in [0.1, 0.15) is 11.5 Å². The van der Waals surface area contributed by atoms with E-state index in [2.05, 4.69) is 0 Å². The highest BCUT2D eigenvalue weighted by Crippen LogP contribution is 2.29. The quantitative estimate of drug-likeness (QED) is 0.289. The van der Waals surface area contributed by atoms with Crippen molar-refractivity contribution >= 4 is 11.6 Å². The lowest BCUT2D eigenvalue weighted by molar-refractivity contribution is -0.118. The van der Waals surface area contributed by atoms with Crippen molar-refractivity contribution in [3.63, 3.8) is 0 Å². The largest absolute Gasteiger partial charge is 0.508 e. The van der Waals surface area contributed by atoms with Crippen molar-refractivity contribution in [2.75, 3.05) is 7.11 Å². The van der Waals surface area contributed by atoms with Gasteiger partial charge in [0.15, 0.2) is 11.6 Å². The Hall–Kier alpha value is -2.66. The fraction of sp³-hybridized carbons (Fsp3) is 0.500. The number of rotatable bonds is 13. The molecular weight excluding hydrogens is 416 g/mol. The first-order chi connectivity index (χ1) is 15.3. The molecule has 1 unspecified atom stereocenters. The summed E-state index contributed by atoms with van der Waals surface area (Å²) < 4.78 is 5.44. The molecule has 0 heterocycles. The molecule has 0 fully saturated rings. The number of aryl methyl sites for hydroxylation is 1. The number of ketones is 2. The summed E-state index contributed by atoms with van der Waals surface area (Å²) in [7, 11) is 1.61. The van der Waals surface area contributed by atoms with Crippen LogP contribution >= 0.6 is 0 Å². The Labute approximate surface area is 198 Å². The molecule has 5 nitrogen and oxygen atoms in total. The van der Waals surface area contributed by atoms with Gasteiger partial charge in [-0.15, -0.1) is 0 Å². The highest BCUT2D eigenvalue weighted by atomic mass is 16.5. The summed E-state index contributed by atoms with van der Waals surface area (Å²) in [5.74, 6) is 0.900. The molecule has 1 atom stereocenters. The zero-order chi connectivity index (χ0) is 25.2. The maximum absolute atomic E-state index is 12.4. The van der Waals surface area contributed by atoms with Crippen molar-refractivity contribution in [1.29, 1.82) is 0 Å². The lowest BCUT2D eigenvalue weighted by Gasteiger charge is -2.12. The normalized spacial score (nSPS) is 13.9. The number of aromatic hydroxyl groups is 1. The minimum Gasteiger partial charge on any atom is -0.508 e. The average Bonchev–Trinajstić information content (AvgIpc) is 2.69. The van der Waals surface area contributed by atoms with Gasteiger partial charge in [-0.1, -0.05) is 30.2 Å². The van der Waals surface area contributed by atoms with E-state index >= 15 is 0 Å². The zero-order valence-electron chi connectivity index (χ0n) is 21.2. The number of hydrogen-bond donors (Lipinski definition) is 2. The molecule has 1 aromatic carbocycles. The van der Waals surface area contributed by atoms with E-state index in [1.807, 2.05) is 33.8 Å². The molecule has 33 heavy (non-hydrogen) atoms. The molecule has 0 aromatic heterocycles. The highest BCUT2D eigenvalue weighted by molar-refractivity contribution is 5.92. The number of methoxy groups -OCH3 is 1. The third kappa shape index (κ3) is 11.2. The van der Waals surface area contributed by atoms with E-state index in [0.29, 0.717) is 12.8 Å². The molecule has 5 heteroatoms. The number of carbonyl (C=O) groups is 2. The van der Waals surface area contributed by atoms with Gasteiger partial charge < -0.3 is 14.9 Å². The number of phenols is 1. The molecule has 0 saturated heterocycles. The van der Waals surface area contributed by atoms with E-state index in [-0.39, 0.29) is 23.2 Å². The minimum atomic E-state index is -0.991. The minimum absolute atomic E-state index is 0.00848. The summed E-state index contributed by atoms with van der Waals surface area (Å²) in [6.45, 7) is 10.9. The molecule has 1 aromatic rings. The second kappa shape index (κ2) is 13.1. The number of aliphatic hydroxyl groups is 1. The summed E-state index contributed by atoms with van der Waals surface area (Å²) in [5.41, 5.74) is 2.73. The smallest absolute Gasteiger partial charge is 0.159 e. The van der Waals surface area contributed by atoms with Crippen LogP contribution < -0.4 is 4.74 Å². The van der Waals surface area contributed by atoms with Gasteiger partial charge in [-0.2, -0.15) is 0 Å². The molecule has 0 amide bonds. The molecule has 0 aliphatic carbocycles. The van der Waals surface area contributed by atoms with Gasteiger partial charge >= 0.3 is 0 Å². The number of benzene rings is 1. The summed E-state index contributed by atoms with van der Waals surface area (Å²) in [6, 6.07) is 3.35. The fourth-order valence-electron chi connectivity index (χ4n) is 3.58. The van der Waals surface area contributed by atoms with Crippen molar-refractivity contribution in [2.45, 2.75) is 79.2 Å². The van der Waals surface area contributed by atoms with E-state index in [0.717, 1.165) is 47.3 Å². The third-order valence-electron chi connectivity index (χ3n) is 5.42. The number of hydrogen-bond acceptors (Lipinski definition) is 5. The molecular formula is C28H40O5. The van der Waals surface area contributed by atoms with Gasteiger partial charge in [0.05, 0.1) is 12.7 Å². The van der Waals surface area contributed by atoms with Gasteiger partial charge in [-0.05, 0) is 90.2 Å². The standard InChI is InChI=1S/C28H40O5/c1-19(9-8-10-21(3)26(31)13-14-28(5,6)32)15-24(29)16-20(2)11-12-23-18-25(30)17-22(4)27(23)33-7/h11,13-15,17-18,21,30,32H,8-10,12,16H2,1-7H3/b14-13+,19-15-,20-11+. The Morgan fingerprint density at radius 3 is 2.45 bits per heavy atom. The molecule has 182 valence electrons. The van der Waals surface area contributed by atoms with Crippen LogP contribution in [0.1, 0.15) is 71.4 Å². The predicted molar refractivity (Wildman–Crippen MR) is 134 cm³/mol. The number of ether oxygens (including phenoxy) is 1. The van der Waals surface area contributed by atoms with Crippen LogP contribution in [0, 0.1) is 12.8 Å². The Bertz CT molecular complexity index is 913. The van der Waals surface area contributed by atoms with E-state index in [1.165, 1.54) is 12.2 Å². The Balaban J connectivity index is 2.56. The lowest BCUT2D eigenvalue weighted by atomic mass is 9.96. The molecule has 0 aliphatic rings. The molecule has 1 rings (SSSR count). The van der Waals surface area contributed by atoms with Crippen LogP contribution in [0.4, 0.5) is 0 Å². The number of phenolic OH excluding ortho intramolecular Hbond substituents is 1. The van der Waals surface area contributed by atoms with Crippen molar-refractivity contribution in [3.8, 4) is 11.5 Å². The molecule has 0 aliphatic heterocycles. The Morgan fingerprint density at radius 1 is 1.18 bits per heavy atom. The molecule has 0 saturated carbocycles. The van der Waals surface area contributed by atoms with E-state index in [4.69, 9.17) is 4.74 Å². The van der Waals surface area contributed by atoms with Gasteiger partial charge in [0.25, 0.3) is 0 Å². The van der Waals surface area contributed by atoms with Crippen LogP contribution in [0.25, 0.3) is 0 Å². The first-order valence-electron chi connectivity index (χ1n) is 11.5. The van der Waals surface area contributed by atoms with E-state index < -0.39 is 5.60 Å². The molecule has 0 spiro atoms. The van der Waals surface area contributed by atoms with E-state index in [1.54, 1.807) is 39.2 Å². The topological polar surface area (TPSA) is 83.8 Å². The first kappa shape index (κ1) is 28.4. The second-order valence-corrected chi connectivity index (χ2v) is 9.53. The van der Waals surface area contributed by atoms with Crippen molar-refractivity contribution in [2.24, 2.45) is 5.92 Å². The van der Waals surface area contributed by atoms with Crippen LogP contribution in [-0.4, -0.2) is 34.5 Å². The predicted octanol–water partition coefficient (Wildman–Crippen LogP) is 5.81. The summed E-state index contributed by atoms with van der Waals surface area (Å²) in [4.78, 5) is 24.5. The van der Waals surface area contributed by atoms with Crippen LogP contribution in [0.3, 0.4) is 0 Å². The van der Waals surface area contributed by atoms with Gasteiger partial charge in [0.2, 0.25) is 0 Å². The van der Waals surface area contributed by atoms with Gasteiger partial charge in [-0.25, -0.2) is 0 Å². The van der Waals surface area contributed by atoms with Crippen LogP contribution in [0.5, 0.6) is 11.5 Å². The first-order valence-corrected chi connectivity index (χ1v) is 11.5. The maximum atomic E-state index is 12.4. The summed E-state index contributed by atoms with van der Waals surface area (Å²) >= 11 is 0. The van der Waals surface area contributed by atoms with Crippen LogP contribution in [0.15, 0.2) is 47.6 Å². The van der Waals surface area contributed by atoms with E-state index in [9.17, 15) is 19.8 Å². The van der Waals surface area contributed by atoms with Crippen molar-refractivity contribution in [1.82, 2.24) is 0 Å². The van der Waals surface area contributed by atoms with Crippen LogP contribution in [0.2, 0.25) is 0 Å². The van der Waals surface area contributed by atoms with Crippen molar-refractivity contribution < 1.29 is 24.5 Å². The Kier molecular flexibility index (Phi) is 11.3. The molecule has 0 bridgehead atoms. The highest BCUT2D eigenvalue weighted by Gasteiger charge is 2.13. The lowest BCUT2D eigenvalue weighted by Crippen LogP contribution is -2.16. The molecule has 0 radical (unpaired) electrons. The third-order valence-corrected chi connectivity index (χ3v) is 5.42. The fourth-order valence-corrected chi connectivity index (χ4v) is 3.58. The maximum Gasteiger partial charge on any atom is 0.159 e. The Morgan fingerprint density at radius 2 is 1.85 bits per heavy atom. The van der Waals surface area contributed by atoms with Gasteiger partial charge in [-0.3, -0.25) is 9.59 Å².